The fraction of sp³-hybridized carbons (Fsp3) is 0. The van der Waals surface area contributed by atoms with Crippen LogP contribution < -0.4 is 0 Å². The lowest BCUT2D eigenvalue weighted by atomic mass is 10.1. The van der Waals surface area contributed by atoms with Gasteiger partial charge in [-0.15, -0.1) is 0 Å². The first-order valence-electron chi connectivity index (χ1n) is 9.41. The van der Waals surface area contributed by atoms with Crippen molar-refractivity contribution in [3.05, 3.63) is 85.1 Å². The molecule has 0 amide bonds. The standard InChI is InChI=1S/C25H14N2O/c1-2-7-16-15(6-1)12-13-26-23(16)22-14-20-19-10-5-9-18-17-8-3-4-11-21(17)27(24(18)19)25(20)28-22/h1-14H. The van der Waals surface area contributed by atoms with Crippen molar-refractivity contribution in [3.63, 3.8) is 0 Å². The first kappa shape index (κ1) is 14.2. The number of benzene rings is 3. The van der Waals surface area contributed by atoms with Gasteiger partial charge >= 0.3 is 0 Å². The van der Waals surface area contributed by atoms with Crippen molar-refractivity contribution < 1.29 is 4.42 Å². The molecule has 7 aromatic rings. The molecule has 3 nitrogen and oxygen atoms in total. The van der Waals surface area contributed by atoms with Gasteiger partial charge in [-0.3, -0.25) is 9.38 Å². The number of aromatic nitrogens is 2. The molecule has 130 valence electrons. The van der Waals surface area contributed by atoms with Crippen molar-refractivity contribution in [3.8, 4) is 11.5 Å². The Balaban J connectivity index is 1.66. The number of fused-ring (bicyclic) bond motifs is 7. The highest BCUT2D eigenvalue weighted by Gasteiger charge is 2.21. The third-order valence-corrected chi connectivity index (χ3v) is 5.81. The highest BCUT2D eigenvalue weighted by Crippen LogP contribution is 2.41. The normalized spacial score (nSPS) is 12.3. The van der Waals surface area contributed by atoms with Crippen LogP contribution in [0.3, 0.4) is 0 Å². The first-order chi connectivity index (χ1) is 13.9. The number of para-hydroxylation sites is 2. The Kier molecular flexibility index (Phi) is 2.49. The van der Waals surface area contributed by atoms with Crippen LogP contribution in [0.25, 0.3) is 60.5 Å². The van der Waals surface area contributed by atoms with Gasteiger partial charge in [0, 0.05) is 33.1 Å². The van der Waals surface area contributed by atoms with Gasteiger partial charge in [0.15, 0.2) is 5.76 Å². The third kappa shape index (κ3) is 1.62. The summed E-state index contributed by atoms with van der Waals surface area (Å²) in [5.74, 6) is 0.808. The molecule has 0 atom stereocenters. The first-order valence-corrected chi connectivity index (χ1v) is 9.41. The summed E-state index contributed by atoms with van der Waals surface area (Å²) in [7, 11) is 0. The second kappa shape index (κ2) is 4.90. The SMILES string of the molecule is c1ccc2c(-c3cc4c5cccc6c7ccccc7n(c4o3)c65)nccc2c1. The lowest BCUT2D eigenvalue weighted by Gasteiger charge is -2.02. The predicted octanol–water partition coefficient (Wildman–Crippen LogP) is 6.64. The van der Waals surface area contributed by atoms with E-state index in [9.17, 15) is 0 Å². The minimum atomic E-state index is 0.808. The van der Waals surface area contributed by atoms with E-state index in [-0.39, 0.29) is 0 Å². The molecule has 3 aromatic carbocycles. The summed E-state index contributed by atoms with van der Waals surface area (Å²) in [6.07, 6.45) is 1.85. The monoisotopic (exact) mass is 358 g/mol. The van der Waals surface area contributed by atoms with Crippen LogP contribution >= 0.6 is 0 Å². The van der Waals surface area contributed by atoms with Crippen LogP contribution in [0, 0.1) is 0 Å². The van der Waals surface area contributed by atoms with Crippen LogP contribution in [0.5, 0.6) is 0 Å². The van der Waals surface area contributed by atoms with Gasteiger partial charge in [-0.05, 0) is 23.6 Å². The molecule has 0 fully saturated rings. The third-order valence-electron chi connectivity index (χ3n) is 5.81. The largest absolute Gasteiger partial charge is 0.437 e. The molecule has 0 spiro atoms. The summed E-state index contributed by atoms with van der Waals surface area (Å²) in [6.45, 7) is 0. The molecule has 3 heteroatoms. The second-order valence-electron chi connectivity index (χ2n) is 7.26. The van der Waals surface area contributed by atoms with Crippen LogP contribution in [-0.2, 0) is 0 Å². The predicted molar refractivity (Wildman–Crippen MR) is 114 cm³/mol. The van der Waals surface area contributed by atoms with Crippen molar-refractivity contribution >= 4 is 49.1 Å². The Hall–Kier alpha value is -3.85. The van der Waals surface area contributed by atoms with Gasteiger partial charge in [0.25, 0.3) is 0 Å². The molecule has 0 bridgehead atoms. The van der Waals surface area contributed by atoms with E-state index < -0.39 is 0 Å². The summed E-state index contributed by atoms with van der Waals surface area (Å²) in [4.78, 5) is 4.64. The van der Waals surface area contributed by atoms with Gasteiger partial charge in [0.05, 0.1) is 11.0 Å². The van der Waals surface area contributed by atoms with Gasteiger partial charge in [0.2, 0.25) is 5.71 Å². The zero-order valence-electron chi connectivity index (χ0n) is 14.9. The van der Waals surface area contributed by atoms with E-state index in [4.69, 9.17) is 4.42 Å². The zero-order chi connectivity index (χ0) is 18.2. The zero-order valence-corrected chi connectivity index (χ0v) is 14.9. The van der Waals surface area contributed by atoms with Crippen molar-refractivity contribution in [2.45, 2.75) is 0 Å². The molecular weight excluding hydrogens is 344 g/mol. The lowest BCUT2D eigenvalue weighted by Crippen LogP contribution is -1.84. The van der Waals surface area contributed by atoms with Crippen LogP contribution in [-0.4, -0.2) is 9.38 Å². The van der Waals surface area contributed by atoms with E-state index in [1.54, 1.807) is 0 Å². The molecule has 4 heterocycles. The number of hydrogen-bond acceptors (Lipinski definition) is 2. The van der Waals surface area contributed by atoms with Gasteiger partial charge in [-0.1, -0.05) is 60.7 Å². The number of furan rings is 1. The Morgan fingerprint density at radius 2 is 1.43 bits per heavy atom. The van der Waals surface area contributed by atoms with E-state index in [1.165, 1.54) is 32.6 Å². The highest BCUT2D eigenvalue weighted by molar-refractivity contribution is 6.22. The Bertz CT molecular complexity index is 1660. The molecule has 0 aliphatic carbocycles. The average Bonchev–Trinajstić information content (AvgIpc) is 3.40. The molecule has 0 unspecified atom stereocenters. The quantitative estimate of drug-likeness (QED) is 0.329. The number of pyridine rings is 1. The molecule has 0 saturated carbocycles. The second-order valence-corrected chi connectivity index (χ2v) is 7.26. The van der Waals surface area contributed by atoms with Crippen molar-refractivity contribution in [2.75, 3.05) is 0 Å². The summed E-state index contributed by atoms with van der Waals surface area (Å²) in [6, 6.07) is 27.5. The van der Waals surface area contributed by atoms with Gasteiger partial charge in [0.1, 0.15) is 5.69 Å². The molecule has 4 aromatic heterocycles. The maximum atomic E-state index is 6.46. The maximum absolute atomic E-state index is 6.46. The minimum Gasteiger partial charge on any atom is -0.437 e. The van der Waals surface area contributed by atoms with Crippen molar-refractivity contribution in [1.29, 1.82) is 0 Å². The molecule has 0 radical (unpaired) electrons. The molecule has 0 aliphatic rings. The summed E-state index contributed by atoms with van der Waals surface area (Å²) >= 11 is 0. The molecular formula is C25H14N2O. The van der Waals surface area contributed by atoms with Crippen LogP contribution in [0.4, 0.5) is 0 Å². The molecule has 0 saturated heterocycles. The Morgan fingerprint density at radius 3 is 2.36 bits per heavy atom. The number of hydrogen-bond donors (Lipinski definition) is 0. The average molecular weight is 358 g/mol. The van der Waals surface area contributed by atoms with E-state index >= 15 is 0 Å². The Morgan fingerprint density at radius 1 is 0.679 bits per heavy atom. The fourth-order valence-electron chi connectivity index (χ4n) is 4.62. The van der Waals surface area contributed by atoms with Crippen molar-refractivity contribution in [1.82, 2.24) is 9.38 Å². The molecule has 7 rings (SSSR count). The topological polar surface area (TPSA) is 30.4 Å². The fourth-order valence-corrected chi connectivity index (χ4v) is 4.62. The van der Waals surface area contributed by atoms with E-state index in [0.717, 1.165) is 27.9 Å². The summed E-state index contributed by atoms with van der Waals surface area (Å²) in [5.41, 5.74) is 4.18. The van der Waals surface area contributed by atoms with Gasteiger partial charge in [-0.2, -0.15) is 0 Å². The van der Waals surface area contributed by atoms with Crippen molar-refractivity contribution in [2.24, 2.45) is 0 Å². The van der Waals surface area contributed by atoms with Gasteiger partial charge < -0.3 is 4.42 Å². The smallest absolute Gasteiger partial charge is 0.213 e. The van der Waals surface area contributed by atoms with Crippen LogP contribution in [0.2, 0.25) is 0 Å². The molecule has 0 N–H and O–H groups in total. The summed E-state index contributed by atoms with van der Waals surface area (Å²) < 4.78 is 8.71. The Labute approximate surface area is 159 Å². The number of rotatable bonds is 1. The van der Waals surface area contributed by atoms with E-state index in [1.807, 2.05) is 24.4 Å². The lowest BCUT2D eigenvalue weighted by molar-refractivity contribution is 0.614. The van der Waals surface area contributed by atoms with Crippen LogP contribution in [0.15, 0.2) is 89.5 Å². The molecule has 0 aliphatic heterocycles. The molecule has 28 heavy (non-hydrogen) atoms. The summed E-state index contributed by atoms with van der Waals surface area (Å²) in [5, 5.41) is 7.15. The van der Waals surface area contributed by atoms with E-state index in [2.05, 4.69) is 70.0 Å². The minimum absolute atomic E-state index is 0.808. The van der Waals surface area contributed by atoms with E-state index in [0.29, 0.717) is 0 Å². The van der Waals surface area contributed by atoms with Gasteiger partial charge in [-0.25, -0.2) is 0 Å². The number of nitrogens with zero attached hydrogens (tertiary/aromatic N) is 2. The maximum Gasteiger partial charge on any atom is 0.213 e. The van der Waals surface area contributed by atoms with Crippen LogP contribution in [0.1, 0.15) is 0 Å². The highest BCUT2D eigenvalue weighted by atomic mass is 16.3.